The Kier molecular flexibility index (Phi) is 4.62. The summed E-state index contributed by atoms with van der Waals surface area (Å²) in [6, 6.07) is 14.2. The van der Waals surface area contributed by atoms with E-state index in [0.29, 0.717) is 11.6 Å². The van der Waals surface area contributed by atoms with Crippen molar-refractivity contribution in [3.8, 4) is 22.8 Å². The Bertz CT molecular complexity index is 1110. The van der Waals surface area contributed by atoms with Crippen LogP contribution in [-0.4, -0.2) is 26.4 Å². The number of fused-ring (bicyclic) bond motifs is 1. The van der Waals surface area contributed by atoms with Gasteiger partial charge in [0.2, 0.25) is 0 Å². The van der Waals surface area contributed by atoms with Gasteiger partial charge in [0.25, 0.3) is 0 Å². The summed E-state index contributed by atoms with van der Waals surface area (Å²) in [6.07, 6.45) is 6.31. The fraction of sp³-hybridized carbons (Fsp3) is 0.174. The van der Waals surface area contributed by atoms with Gasteiger partial charge in [0.1, 0.15) is 5.82 Å². The standard InChI is InChI=1S/C23H19FN4O/c24-19-6-4-17(5-7-19)20-8-3-16(12-25-20)14-28-10-9-21-18(15-28)13-26-23(27-21)22-2-1-11-29-22/h1-8,11-13H,9-10,14-15H2. The summed E-state index contributed by atoms with van der Waals surface area (Å²) in [4.78, 5) is 16.0. The lowest BCUT2D eigenvalue weighted by molar-refractivity contribution is 0.242. The fourth-order valence-electron chi connectivity index (χ4n) is 3.60. The molecule has 0 radical (unpaired) electrons. The van der Waals surface area contributed by atoms with E-state index in [2.05, 4.69) is 25.9 Å². The maximum Gasteiger partial charge on any atom is 0.195 e. The Morgan fingerprint density at radius 3 is 2.66 bits per heavy atom. The van der Waals surface area contributed by atoms with Gasteiger partial charge in [0, 0.05) is 49.6 Å². The van der Waals surface area contributed by atoms with Crippen LogP contribution in [0.4, 0.5) is 4.39 Å². The molecule has 1 aromatic carbocycles. The molecule has 0 atom stereocenters. The summed E-state index contributed by atoms with van der Waals surface area (Å²) in [5.74, 6) is 1.10. The minimum atomic E-state index is -0.240. The van der Waals surface area contributed by atoms with E-state index in [1.807, 2.05) is 30.6 Å². The highest BCUT2D eigenvalue weighted by molar-refractivity contribution is 5.58. The molecule has 0 bridgehead atoms. The Labute approximate surface area is 167 Å². The summed E-state index contributed by atoms with van der Waals surface area (Å²) >= 11 is 0. The minimum Gasteiger partial charge on any atom is -0.461 e. The van der Waals surface area contributed by atoms with Crippen molar-refractivity contribution in [3.63, 3.8) is 0 Å². The topological polar surface area (TPSA) is 55.1 Å². The molecule has 0 N–H and O–H groups in total. The maximum atomic E-state index is 13.1. The van der Waals surface area contributed by atoms with Crippen molar-refractivity contribution in [2.45, 2.75) is 19.5 Å². The van der Waals surface area contributed by atoms with E-state index in [9.17, 15) is 4.39 Å². The highest BCUT2D eigenvalue weighted by Crippen LogP contribution is 2.23. The normalized spacial score (nSPS) is 14.0. The number of furan rings is 1. The molecule has 3 aromatic heterocycles. The van der Waals surface area contributed by atoms with Crippen molar-refractivity contribution in [1.82, 2.24) is 19.9 Å². The van der Waals surface area contributed by atoms with Gasteiger partial charge in [-0.3, -0.25) is 9.88 Å². The van der Waals surface area contributed by atoms with Gasteiger partial charge in [-0.15, -0.1) is 0 Å². The molecular weight excluding hydrogens is 367 g/mol. The van der Waals surface area contributed by atoms with Gasteiger partial charge in [-0.2, -0.15) is 0 Å². The third-order valence-electron chi connectivity index (χ3n) is 5.13. The minimum absolute atomic E-state index is 0.240. The quantitative estimate of drug-likeness (QED) is 0.517. The van der Waals surface area contributed by atoms with Gasteiger partial charge in [0.15, 0.2) is 11.6 Å². The van der Waals surface area contributed by atoms with Crippen LogP contribution < -0.4 is 0 Å². The summed E-state index contributed by atoms with van der Waals surface area (Å²) in [6.45, 7) is 2.56. The van der Waals surface area contributed by atoms with E-state index >= 15 is 0 Å². The molecule has 0 aliphatic carbocycles. The Morgan fingerprint density at radius 1 is 1.00 bits per heavy atom. The smallest absolute Gasteiger partial charge is 0.195 e. The molecule has 144 valence electrons. The summed E-state index contributed by atoms with van der Waals surface area (Å²) in [5.41, 5.74) is 5.15. The van der Waals surface area contributed by atoms with Crippen LogP contribution in [0.5, 0.6) is 0 Å². The van der Waals surface area contributed by atoms with E-state index in [-0.39, 0.29) is 5.82 Å². The number of nitrogens with zero attached hydrogens (tertiary/aromatic N) is 4. The highest BCUT2D eigenvalue weighted by Gasteiger charge is 2.19. The van der Waals surface area contributed by atoms with Crippen LogP contribution in [0.15, 0.2) is 71.6 Å². The molecule has 29 heavy (non-hydrogen) atoms. The molecule has 0 unspecified atom stereocenters. The second kappa shape index (κ2) is 7.56. The van der Waals surface area contributed by atoms with Crippen LogP contribution >= 0.6 is 0 Å². The van der Waals surface area contributed by atoms with Crippen molar-refractivity contribution in [2.24, 2.45) is 0 Å². The lowest BCUT2D eigenvalue weighted by Crippen LogP contribution is -2.31. The van der Waals surface area contributed by atoms with Gasteiger partial charge in [-0.05, 0) is 48.0 Å². The predicted molar refractivity (Wildman–Crippen MR) is 107 cm³/mol. The molecule has 0 amide bonds. The Morgan fingerprint density at radius 2 is 1.90 bits per heavy atom. The van der Waals surface area contributed by atoms with Crippen molar-refractivity contribution >= 4 is 0 Å². The number of rotatable bonds is 4. The first-order valence-electron chi connectivity index (χ1n) is 9.56. The Balaban J connectivity index is 1.27. The van der Waals surface area contributed by atoms with E-state index in [1.54, 1.807) is 18.4 Å². The second-order valence-corrected chi connectivity index (χ2v) is 7.16. The fourth-order valence-corrected chi connectivity index (χ4v) is 3.60. The zero-order chi connectivity index (χ0) is 19.6. The van der Waals surface area contributed by atoms with Gasteiger partial charge >= 0.3 is 0 Å². The number of aromatic nitrogens is 3. The molecular formula is C23H19FN4O. The Hall–Kier alpha value is -3.38. The van der Waals surface area contributed by atoms with Crippen molar-refractivity contribution in [2.75, 3.05) is 6.54 Å². The molecule has 0 fully saturated rings. The number of pyridine rings is 1. The molecule has 5 nitrogen and oxygen atoms in total. The molecule has 0 saturated heterocycles. The van der Waals surface area contributed by atoms with Crippen molar-refractivity contribution in [3.05, 3.63) is 89.8 Å². The predicted octanol–water partition coefficient (Wildman–Crippen LogP) is 4.50. The zero-order valence-electron chi connectivity index (χ0n) is 15.8. The average Bonchev–Trinajstić information content (AvgIpc) is 3.30. The number of hydrogen-bond donors (Lipinski definition) is 0. The monoisotopic (exact) mass is 386 g/mol. The highest BCUT2D eigenvalue weighted by atomic mass is 19.1. The van der Waals surface area contributed by atoms with Gasteiger partial charge < -0.3 is 4.42 Å². The van der Waals surface area contributed by atoms with Crippen LogP contribution in [0.2, 0.25) is 0 Å². The lowest BCUT2D eigenvalue weighted by atomic mass is 10.1. The number of halogens is 1. The van der Waals surface area contributed by atoms with E-state index in [1.165, 1.54) is 12.1 Å². The SMILES string of the molecule is Fc1ccc(-c2ccc(CN3CCc4nc(-c5ccco5)ncc4C3)cn2)cc1. The summed E-state index contributed by atoms with van der Waals surface area (Å²) in [7, 11) is 0. The first-order chi connectivity index (χ1) is 14.2. The number of benzene rings is 1. The molecule has 0 saturated carbocycles. The van der Waals surface area contributed by atoms with E-state index < -0.39 is 0 Å². The first kappa shape index (κ1) is 17.7. The van der Waals surface area contributed by atoms with Crippen LogP contribution in [0.1, 0.15) is 16.8 Å². The molecule has 4 aromatic rings. The van der Waals surface area contributed by atoms with Gasteiger partial charge in [0.05, 0.1) is 17.7 Å². The first-order valence-corrected chi connectivity index (χ1v) is 9.56. The van der Waals surface area contributed by atoms with Gasteiger partial charge in [-0.25, -0.2) is 14.4 Å². The van der Waals surface area contributed by atoms with Crippen molar-refractivity contribution < 1.29 is 8.81 Å². The summed E-state index contributed by atoms with van der Waals surface area (Å²) in [5, 5.41) is 0. The largest absolute Gasteiger partial charge is 0.461 e. The van der Waals surface area contributed by atoms with E-state index in [0.717, 1.165) is 54.1 Å². The van der Waals surface area contributed by atoms with Crippen LogP contribution in [-0.2, 0) is 19.5 Å². The number of hydrogen-bond acceptors (Lipinski definition) is 5. The molecule has 0 spiro atoms. The average molecular weight is 386 g/mol. The van der Waals surface area contributed by atoms with Crippen LogP contribution in [0, 0.1) is 5.82 Å². The lowest BCUT2D eigenvalue weighted by Gasteiger charge is -2.27. The molecule has 6 heteroatoms. The molecule has 1 aliphatic rings. The summed E-state index contributed by atoms with van der Waals surface area (Å²) < 4.78 is 18.5. The third-order valence-corrected chi connectivity index (χ3v) is 5.13. The molecule has 4 heterocycles. The van der Waals surface area contributed by atoms with Crippen LogP contribution in [0.25, 0.3) is 22.8 Å². The zero-order valence-corrected chi connectivity index (χ0v) is 15.8. The third kappa shape index (κ3) is 3.79. The maximum absolute atomic E-state index is 13.1. The van der Waals surface area contributed by atoms with Crippen molar-refractivity contribution in [1.29, 1.82) is 0 Å². The molecule has 5 rings (SSSR count). The van der Waals surface area contributed by atoms with E-state index in [4.69, 9.17) is 4.42 Å². The second-order valence-electron chi connectivity index (χ2n) is 7.16. The van der Waals surface area contributed by atoms with Crippen LogP contribution in [0.3, 0.4) is 0 Å². The molecule has 1 aliphatic heterocycles. The van der Waals surface area contributed by atoms with Gasteiger partial charge in [-0.1, -0.05) is 6.07 Å².